The van der Waals surface area contributed by atoms with Gasteiger partial charge in [0.25, 0.3) is 5.91 Å². The molecule has 0 atom stereocenters. The first-order chi connectivity index (χ1) is 12.2. The first-order valence-electron chi connectivity index (χ1n) is 8.55. The monoisotopic (exact) mass is 361 g/mol. The number of nitrogens with one attached hydrogen (secondary N) is 1. The minimum Gasteiger partial charge on any atom is -0.466 e. The average Bonchev–Trinajstić information content (AvgIpc) is 2.65. The molecule has 1 aromatic carbocycles. The number of halogens is 1. The molecule has 0 unspecified atom stereocenters. The van der Waals surface area contributed by atoms with Gasteiger partial charge in [0.1, 0.15) is 5.69 Å². The third kappa shape index (κ3) is 5.71. The molecule has 0 spiro atoms. The summed E-state index contributed by atoms with van der Waals surface area (Å²) in [6, 6.07) is 10.0. The van der Waals surface area contributed by atoms with Crippen molar-refractivity contribution < 1.29 is 9.53 Å². The van der Waals surface area contributed by atoms with E-state index in [1.165, 1.54) is 0 Å². The van der Waals surface area contributed by atoms with Crippen molar-refractivity contribution in [2.45, 2.75) is 33.1 Å². The van der Waals surface area contributed by atoms with E-state index < -0.39 is 0 Å². The van der Waals surface area contributed by atoms with Gasteiger partial charge in [0, 0.05) is 18.8 Å². The molecule has 5 nitrogen and oxygen atoms in total. The van der Waals surface area contributed by atoms with Gasteiger partial charge in [-0.3, -0.25) is 4.79 Å². The van der Waals surface area contributed by atoms with E-state index in [0.29, 0.717) is 24.7 Å². The van der Waals surface area contributed by atoms with E-state index in [1.54, 1.807) is 0 Å². The van der Waals surface area contributed by atoms with Crippen molar-refractivity contribution in [3.8, 4) is 5.88 Å². The number of carbonyl (C=O) groups excluding carboxylic acids is 1. The van der Waals surface area contributed by atoms with E-state index in [4.69, 9.17) is 21.3 Å². The minimum absolute atomic E-state index is 0.0953. The Morgan fingerprint density at radius 3 is 2.40 bits per heavy atom. The zero-order valence-electron chi connectivity index (χ0n) is 14.7. The largest absolute Gasteiger partial charge is 0.466 e. The zero-order valence-corrected chi connectivity index (χ0v) is 15.5. The quantitative estimate of drug-likeness (QED) is 0.697. The molecule has 134 valence electrons. The maximum Gasteiger partial charge on any atom is 0.258 e. The number of carbonyl (C=O) groups is 1. The Morgan fingerprint density at radius 2 is 1.76 bits per heavy atom. The van der Waals surface area contributed by atoms with Crippen LogP contribution in [0.15, 0.2) is 30.3 Å². The highest BCUT2D eigenvalue weighted by molar-refractivity contribution is 6.18. The molecule has 0 radical (unpaired) electrons. The summed E-state index contributed by atoms with van der Waals surface area (Å²) in [6.45, 7) is 4.43. The van der Waals surface area contributed by atoms with E-state index in [9.17, 15) is 4.79 Å². The van der Waals surface area contributed by atoms with E-state index in [-0.39, 0.29) is 12.5 Å². The highest BCUT2D eigenvalue weighted by Gasteiger charge is 2.15. The summed E-state index contributed by atoms with van der Waals surface area (Å²) < 4.78 is 5.68. The molecule has 25 heavy (non-hydrogen) atoms. The van der Waals surface area contributed by atoms with Gasteiger partial charge in [-0.15, -0.1) is 11.6 Å². The minimum atomic E-state index is -0.217. The molecule has 0 saturated heterocycles. The molecular formula is C19H24ClN3O2. The standard InChI is InChI=1S/C19H24ClN3O2/c1-3-15-16(4-2)23-19(25-13-18(24)21-11-10-20)17(22-15)12-14-8-6-5-7-9-14/h5-9H,3-4,10-13H2,1-2H3,(H,21,24). The molecule has 0 saturated carbocycles. The second kappa shape index (κ2) is 9.99. The van der Waals surface area contributed by atoms with Crippen LogP contribution in [0.5, 0.6) is 5.88 Å². The molecule has 1 amide bonds. The summed E-state index contributed by atoms with van der Waals surface area (Å²) in [4.78, 5) is 21.2. The average molecular weight is 362 g/mol. The van der Waals surface area contributed by atoms with E-state index in [2.05, 4.69) is 17.2 Å². The number of ether oxygens (including phenoxy) is 1. The Morgan fingerprint density at radius 1 is 1.08 bits per heavy atom. The Hall–Kier alpha value is -2.14. The van der Waals surface area contributed by atoms with Gasteiger partial charge in [0.05, 0.1) is 11.4 Å². The number of rotatable bonds is 9. The summed E-state index contributed by atoms with van der Waals surface area (Å²) in [5.41, 5.74) is 3.77. The first kappa shape index (κ1) is 19.2. The summed E-state index contributed by atoms with van der Waals surface area (Å²) in [7, 11) is 0. The number of aryl methyl sites for hydroxylation is 2. The first-order valence-corrected chi connectivity index (χ1v) is 9.09. The van der Waals surface area contributed by atoms with Crippen LogP contribution in [0.3, 0.4) is 0 Å². The SMILES string of the molecule is CCc1nc(Cc2ccccc2)c(OCC(=O)NCCCl)nc1CC. The molecule has 0 aliphatic rings. The lowest BCUT2D eigenvalue weighted by atomic mass is 10.1. The van der Waals surface area contributed by atoms with Gasteiger partial charge in [0.15, 0.2) is 6.61 Å². The molecule has 1 N–H and O–H groups in total. The predicted molar refractivity (Wildman–Crippen MR) is 99.3 cm³/mol. The van der Waals surface area contributed by atoms with Gasteiger partial charge < -0.3 is 10.1 Å². The van der Waals surface area contributed by atoms with Crippen molar-refractivity contribution in [2.24, 2.45) is 0 Å². The van der Waals surface area contributed by atoms with Gasteiger partial charge in [-0.25, -0.2) is 9.97 Å². The molecule has 2 aromatic rings. The third-order valence-corrected chi connectivity index (χ3v) is 3.92. The molecule has 6 heteroatoms. The van der Waals surface area contributed by atoms with Crippen LogP contribution in [0.1, 0.15) is 36.5 Å². The van der Waals surface area contributed by atoms with Crippen LogP contribution in [0, 0.1) is 0 Å². The molecule has 0 aliphatic heterocycles. The number of amides is 1. The highest BCUT2D eigenvalue weighted by Crippen LogP contribution is 2.21. The van der Waals surface area contributed by atoms with Crippen LogP contribution in [0.4, 0.5) is 0 Å². The van der Waals surface area contributed by atoms with Crippen LogP contribution in [0.25, 0.3) is 0 Å². The maximum atomic E-state index is 11.8. The normalized spacial score (nSPS) is 10.5. The van der Waals surface area contributed by atoms with Crippen LogP contribution in [-0.4, -0.2) is 34.9 Å². The number of nitrogens with zero attached hydrogens (tertiary/aromatic N) is 2. The van der Waals surface area contributed by atoms with Crippen molar-refractivity contribution in [2.75, 3.05) is 19.0 Å². The number of benzene rings is 1. The van der Waals surface area contributed by atoms with Gasteiger partial charge in [-0.2, -0.15) is 0 Å². The molecule has 0 fully saturated rings. The van der Waals surface area contributed by atoms with Gasteiger partial charge in [-0.1, -0.05) is 44.2 Å². The van der Waals surface area contributed by atoms with Crippen LogP contribution in [0.2, 0.25) is 0 Å². The molecule has 0 aliphatic carbocycles. The smallest absolute Gasteiger partial charge is 0.258 e. The number of hydrogen-bond donors (Lipinski definition) is 1. The summed E-state index contributed by atoms with van der Waals surface area (Å²) >= 11 is 5.57. The fraction of sp³-hybridized carbons (Fsp3) is 0.421. The van der Waals surface area contributed by atoms with Gasteiger partial charge >= 0.3 is 0 Å². The van der Waals surface area contributed by atoms with E-state index in [0.717, 1.165) is 35.5 Å². The zero-order chi connectivity index (χ0) is 18.1. The number of aromatic nitrogens is 2. The molecule has 2 rings (SSSR count). The number of alkyl halides is 1. The summed E-state index contributed by atoms with van der Waals surface area (Å²) in [5.74, 6) is 0.584. The molecule has 0 bridgehead atoms. The Balaban J connectivity index is 2.23. The van der Waals surface area contributed by atoms with Crippen molar-refractivity contribution in [1.29, 1.82) is 0 Å². The van der Waals surface area contributed by atoms with Crippen molar-refractivity contribution in [3.63, 3.8) is 0 Å². The number of hydrogen-bond acceptors (Lipinski definition) is 4. The van der Waals surface area contributed by atoms with Crippen LogP contribution >= 0.6 is 11.6 Å². The molecule has 1 aromatic heterocycles. The fourth-order valence-electron chi connectivity index (χ4n) is 2.48. The lowest BCUT2D eigenvalue weighted by Gasteiger charge is -2.14. The van der Waals surface area contributed by atoms with Crippen molar-refractivity contribution >= 4 is 17.5 Å². The van der Waals surface area contributed by atoms with E-state index in [1.807, 2.05) is 37.3 Å². The topological polar surface area (TPSA) is 64.1 Å². The second-order valence-electron chi connectivity index (χ2n) is 5.57. The van der Waals surface area contributed by atoms with Gasteiger partial charge in [-0.05, 0) is 18.4 Å². The highest BCUT2D eigenvalue weighted by atomic mass is 35.5. The van der Waals surface area contributed by atoms with Crippen LogP contribution in [-0.2, 0) is 24.1 Å². The summed E-state index contributed by atoms with van der Waals surface area (Å²) in [5, 5.41) is 2.68. The molecule has 1 heterocycles. The molecular weight excluding hydrogens is 338 g/mol. The Bertz CT molecular complexity index is 693. The lowest BCUT2D eigenvalue weighted by molar-refractivity contribution is -0.123. The predicted octanol–water partition coefficient (Wildman–Crippen LogP) is 2.93. The second-order valence-corrected chi connectivity index (χ2v) is 5.94. The Labute approximate surface area is 153 Å². The van der Waals surface area contributed by atoms with Crippen LogP contribution < -0.4 is 10.1 Å². The van der Waals surface area contributed by atoms with E-state index >= 15 is 0 Å². The van der Waals surface area contributed by atoms with Crippen molar-refractivity contribution in [1.82, 2.24) is 15.3 Å². The van der Waals surface area contributed by atoms with Gasteiger partial charge in [0.2, 0.25) is 5.88 Å². The third-order valence-electron chi connectivity index (χ3n) is 3.73. The summed E-state index contributed by atoms with van der Waals surface area (Å²) in [6.07, 6.45) is 2.20. The lowest BCUT2D eigenvalue weighted by Crippen LogP contribution is -2.30. The Kier molecular flexibility index (Phi) is 7.67. The van der Waals surface area contributed by atoms with Crippen molar-refractivity contribution in [3.05, 3.63) is 53.0 Å². The fourth-order valence-corrected chi connectivity index (χ4v) is 2.58. The maximum absolute atomic E-state index is 11.8.